The number of ether oxygens (including phenoxy) is 1. The minimum atomic E-state index is 0.000601. The Hall–Kier alpha value is -1.51. The van der Waals surface area contributed by atoms with E-state index >= 15 is 0 Å². The minimum absolute atomic E-state index is 0.000601. The summed E-state index contributed by atoms with van der Waals surface area (Å²) in [6.07, 6.45) is 1.03. The second-order valence-corrected chi connectivity index (χ2v) is 6.72. The summed E-state index contributed by atoms with van der Waals surface area (Å²) in [7, 11) is 0. The Kier molecular flexibility index (Phi) is 4.92. The van der Waals surface area contributed by atoms with E-state index in [9.17, 15) is 4.79 Å². The van der Waals surface area contributed by atoms with Gasteiger partial charge in [-0.1, -0.05) is 39.8 Å². The van der Waals surface area contributed by atoms with E-state index in [0.29, 0.717) is 24.3 Å². The Morgan fingerprint density at radius 1 is 1.33 bits per heavy atom. The first kappa shape index (κ1) is 15.9. The second-order valence-electron chi connectivity index (χ2n) is 6.72. The molecular formula is C18H27NO2. The number of carbonyl (C=O) groups is 1. The highest BCUT2D eigenvalue weighted by atomic mass is 16.5. The van der Waals surface area contributed by atoms with Crippen molar-refractivity contribution in [2.45, 2.75) is 59.0 Å². The van der Waals surface area contributed by atoms with Crippen LogP contribution in [0.2, 0.25) is 0 Å². The predicted molar refractivity (Wildman–Crippen MR) is 85.8 cm³/mol. The van der Waals surface area contributed by atoms with Crippen LogP contribution in [0.15, 0.2) is 18.2 Å². The average Bonchev–Trinajstić information content (AvgIpc) is 2.43. The molecule has 1 aliphatic rings. The Morgan fingerprint density at radius 2 is 2.05 bits per heavy atom. The number of benzene rings is 1. The molecule has 116 valence electrons. The molecule has 1 aromatic carbocycles. The molecular weight excluding hydrogens is 262 g/mol. The zero-order valence-corrected chi connectivity index (χ0v) is 13.8. The van der Waals surface area contributed by atoms with Crippen molar-refractivity contribution in [3.63, 3.8) is 0 Å². The number of rotatable bonds is 4. The van der Waals surface area contributed by atoms with Crippen LogP contribution in [0, 0.1) is 5.92 Å². The van der Waals surface area contributed by atoms with Crippen molar-refractivity contribution in [1.82, 2.24) is 5.32 Å². The van der Waals surface area contributed by atoms with Gasteiger partial charge in [0.2, 0.25) is 5.91 Å². The summed E-state index contributed by atoms with van der Waals surface area (Å²) in [5.41, 5.74) is 2.69. The van der Waals surface area contributed by atoms with Crippen molar-refractivity contribution in [2.24, 2.45) is 5.92 Å². The van der Waals surface area contributed by atoms with Gasteiger partial charge < -0.3 is 10.1 Å². The topological polar surface area (TPSA) is 38.3 Å². The summed E-state index contributed by atoms with van der Waals surface area (Å²) in [4.78, 5) is 11.1. The highest BCUT2D eigenvalue weighted by Gasteiger charge is 2.30. The molecule has 0 bridgehead atoms. The van der Waals surface area contributed by atoms with Gasteiger partial charge in [-0.05, 0) is 41.4 Å². The molecule has 0 saturated heterocycles. The van der Waals surface area contributed by atoms with Crippen LogP contribution in [-0.4, -0.2) is 18.6 Å². The van der Waals surface area contributed by atoms with E-state index < -0.39 is 0 Å². The SMILES string of the molecule is CC(=O)NCC1CC(C(C)C)c2cc(C(C)C)ccc2O1. The van der Waals surface area contributed by atoms with E-state index in [4.69, 9.17) is 4.74 Å². The van der Waals surface area contributed by atoms with Gasteiger partial charge in [-0.3, -0.25) is 4.79 Å². The molecule has 0 fully saturated rings. The molecule has 0 aromatic heterocycles. The van der Waals surface area contributed by atoms with Crippen LogP contribution in [0.25, 0.3) is 0 Å². The molecule has 1 N–H and O–H groups in total. The molecule has 3 heteroatoms. The van der Waals surface area contributed by atoms with E-state index in [-0.39, 0.29) is 12.0 Å². The zero-order chi connectivity index (χ0) is 15.6. The van der Waals surface area contributed by atoms with Crippen LogP contribution in [0.4, 0.5) is 0 Å². The molecule has 1 amide bonds. The number of hydrogen-bond acceptors (Lipinski definition) is 2. The highest BCUT2D eigenvalue weighted by Crippen LogP contribution is 2.41. The molecule has 21 heavy (non-hydrogen) atoms. The molecule has 0 saturated carbocycles. The number of amides is 1. The maximum Gasteiger partial charge on any atom is 0.217 e. The first-order valence-corrected chi connectivity index (χ1v) is 7.93. The van der Waals surface area contributed by atoms with E-state index in [1.807, 2.05) is 0 Å². The molecule has 1 heterocycles. The molecule has 2 rings (SSSR count). The normalized spacial score (nSPS) is 21.1. The van der Waals surface area contributed by atoms with Gasteiger partial charge in [0.1, 0.15) is 11.9 Å². The van der Waals surface area contributed by atoms with E-state index in [1.54, 1.807) is 6.92 Å². The fraction of sp³-hybridized carbons (Fsp3) is 0.611. The monoisotopic (exact) mass is 289 g/mol. The third-order valence-corrected chi connectivity index (χ3v) is 4.29. The van der Waals surface area contributed by atoms with Gasteiger partial charge in [-0.2, -0.15) is 0 Å². The third-order valence-electron chi connectivity index (χ3n) is 4.29. The standard InChI is InChI=1S/C18H27NO2/c1-11(2)14-6-7-18-17(8-14)16(12(3)4)9-15(21-18)10-19-13(5)20/h6-8,11-12,15-16H,9-10H2,1-5H3,(H,19,20). The number of nitrogens with one attached hydrogen (secondary N) is 1. The van der Waals surface area contributed by atoms with Crippen molar-refractivity contribution in [2.75, 3.05) is 6.54 Å². The van der Waals surface area contributed by atoms with Gasteiger partial charge in [-0.25, -0.2) is 0 Å². The van der Waals surface area contributed by atoms with Crippen LogP contribution in [-0.2, 0) is 4.79 Å². The third kappa shape index (κ3) is 3.78. The fourth-order valence-corrected chi connectivity index (χ4v) is 2.97. The lowest BCUT2D eigenvalue weighted by atomic mass is 9.80. The van der Waals surface area contributed by atoms with Crippen molar-refractivity contribution >= 4 is 5.91 Å². The Morgan fingerprint density at radius 3 is 2.62 bits per heavy atom. The Bertz CT molecular complexity index is 508. The van der Waals surface area contributed by atoms with Crippen LogP contribution >= 0.6 is 0 Å². The molecule has 0 aliphatic carbocycles. The van der Waals surface area contributed by atoms with Gasteiger partial charge in [0.05, 0.1) is 6.54 Å². The average molecular weight is 289 g/mol. The smallest absolute Gasteiger partial charge is 0.217 e. The molecule has 1 aromatic rings. The largest absolute Gasteiger partial charge is 0.488 e. The van der Waals surface area contributed by atoms with E-state index in [0.717, 1.165) is 12.2 Å². The second kappa shape index (κ2) is 6.50. The first-order chi connectivity index (χ1) is 9.88. The predicted octanol–water partition coefficient (Wildman–Crippen LogP) is 3.84. The Labute approximate surface area is 128 Å². The molecule has 0 spiro atoms. The van der Waals surface area contributed by atoms with Crippen LogP contribution < -0.4 is 10.1 Å². The van der Waals surface area contributed by atoms with Crippen molar-refractivity contribution in [3.8, 4) is 5.75 Å². The summed E-state index contributed by atoms with van der Waals surface area (Å²) in [6.45, 7) is 11.1. The molecule has 3 nitrogen and oxygen atoms in total. The van der Waals surface area contributed by atoms with Crippen LogP contribution in [0.3, 0.4) is 0 Å². The van der Waals surface area contributed by atoms with Crippen molar-refractivity contribution in [1.29, 1.82) is 0 Å². The number of fused-ring (bicyclic) bond motifs is 1. The van der Waals surface area contributed by atoms with Gasteiger partial charge in [-0.15, -0.1) is 0 Å². The van der Waals surface area contributed by atoms with Crippen molar-refractivity contribution < 1.29 is 9.53 Å². The summed E-state index contributed by atoms with van der Waals surface area (Å²) in [5.74, 6) is 2.57. The molecule has 0 radical (unpaired) electrons. The molecule has 1 aliphatic heterocycles. The summed E-state index contributed by atoms with van der Waals surface area (Å²) < 4.78 is 6.08. The fourth-order valence-electron chi connectivity index (χ4n) is 2.97. The van der Waals surface area contributed by atoms with E-state index in [1.165, 1.54) is 11.1 Å². The summed E-state index contributed by atoms with van der Waals surface area (Å²) in [5, 5.41) is 2.87. The number of hydrogen-bond donors (Lipinski definition) is 1. The van der Waals surface area contributed by atoms with Gasteiger partial charge >= 0.3 is 0 Å². The highest BCUT2D eigenvalue weighted by molar-refractivity contribution is 5.72. The van der Waals surface area contributed by atoms with Crippen LogP contribution in [0.1, 0.15) is 64.0 Å². The summed E-state index contributed by atoms with van der Waals surface area (Å²) in [6, 6.07) is 6.56. The van der Waals surface area contributed by atoms with Gasteiger partial charge in [0, 0.05) is 6.92 Å². The maximum atomic E-state index is 11.1. The quantitative estimate of drug-likeness (QED) is 0.914. The first-order valence-electron chi connectivity index (χ1n) is 7.93. The van der Waals surface area contributed by atoms with Gasteiger partial charge in [0.25, 0.3) is 0 Å². The zero-order valence-electron chi connectivity index (χ0n) is 13.8. The Balaban J connectivity index is 2.25. The van der Waals surface area contributed by atoms with E-state index in [2.05, 4.69) is 51.2 Å². The molecule has 2 unspecified atom stereocenters. The molecule has 2 atom stereocenters. The van der Waals surface area contributed by atoms with Crippen molar-refractivity contribution in [3.05, 3.63) is 29.3 Å². The van der Waals surface area contributed by atoms with Crippen LogP contribution in [0.5, 0.6) is 5.75 Å². The lowest BCUT2D eigenvalue weighted by Crippen LogP contribution is -2.38. The lowest BCUT2D eigenvalue weighted by Gasteiger charge is -2.35. The lowest BCUT2D eigenvalue weighted by molar-refractivity contribution is -0.119. The minimum Gasteiger partial charge on any atom is -0.488 e. The summed E-state index contributed by atoms with van der Waals surface area (Å²) >= 11 is 0. The van der Waals surface area contributed by atoms with Gasteiger partial charge in [0.15, 0.2) is 0 Å². The maximum absolute atomic E-state index is 11.1. The number of carbonyl (C=O) groups excluding carboxylic acids is 1.